The van der Waals surface area contributed by atoms with E-state index in [0.717, 1.165) is 24.3 Å². The number of rotatable bonds is 3. The Morgan fingerprint density at radius 3 is 2.64 bits per heavy atom. The van der Waals surface area contributed by atoms with Crippen molar-refractivity contribution < 1.29 is 9.59 Å². The minimum absolute atomic E-state index is 0.0281. The van der Waals surface area contributed by atoms with Crippen molar-refractivity contribution in [2.75, 3.05) is 24.5 Å². The van der Waals surface area contributed by atoms with Crippen molar-refractivity contribution in [3.63, 3.8) is 0 Å². The number of fused-ring (bicyclic) bond motifs is 2. The molecular weight excluding hydrogens is 352 g/mol. The van der Waals surface area contributed by atoms with Gasteiger partial charge in [0, 0.05) is 49.6 Å². The number of hydrogen-bond acceptors (Lipinski definition) is 4. The van der Waals surface area contributed by atoms with Crippen LogP contribution in [0.2, 0.25) is 0 Å². The highest BCUT2D eigenvalue weighted by molar-refractivity contribution is 5.97. The highest BCUT2D eigenvalue weighted by Crippen LogP contribution is 2.47. The van der Waals surface area contributed by atoms with E-state index in [9.17, 15) is 9.59 Å². The number of aryl methyl sites for hydroxylation is 2. The topological polar surface area (TPSA) is 66.4 Å². The third-order valence-electron chi connectivity index (χ3n) is 5.95. The summed E-state index contributed by atoms with van der Waals surface area (Å²) in [4.78, 5) is 37.8. The molecule has 1 atom stereocenters. The largest absolute Gasteiger partial charge is 0.342 e. The number of benzene rings is 1. The van der Waals surface area contributed by atoms with Crippen LogP contribution < -0.4 is 4.90 Å². The van der Waals surface area contributed by atoms with Crippen LogP contribution >= 0.6 is 0 Å². The van der Waals surface area contributed by atoms with Crippen LogP contribution in [0.4, 0.5) is 5.69 Å². The lowest BCUT2D eigenvalue weighted by Crippen LogP contribution is -2.40. The summed E-state index contributed by atoms with van der Waals surface area (Å²) in [5.74, 6) is 0.214. The molecule has 1 saturated heterocycles. The SMILES string of the molecule is CCC(=O)N1CC[C@@]2(C1)CN(C(=O)Cc1cnc(C)cn1)c1ccc(C)cc12. The quantitative estimate of drug-likeness (QED) is 0.823. The molecule has 0 N–H and O–H groups in total. The molecule has 0 unspecified atom stereocenters. The number of nitrogens with zero attached hydrogens (tertiary/aromatic N) is 4. The molecule has 2 aliphatic rings. The van der Waals surface area contributed by atoms with E-state index in [-0.39, 0.29) is 23.7 Å². The lowest BCUT2D eigenvalue weighted by molar-refractivity contribution is -0.130. The second kappa shape index (κ2) is 7.00. The molecule has 2 amide bonds. The summed E-state index contributed by atoms with van der Waals surface area (Å²) < 4.78 is 0. The van der Waals surface area contributed by atoms with E-state index in [1.807, 2.05) is 35.8 Å². The van der Waals surface area contributed by atoms with Gasteiger partial charge in [0.05, 0.1) is 17.8 Å². The van der Waals surface area contributed by atoms with Crippen molar-refractivity contribution in [3.8, 4) is 0 Å². The Hall–Kier alpha value is -2.76. The maximum absolute atomic E-state index is 13.1. The number of amides is 2. The molecule has 6 heteroatoms. The summed E-state index contributed by atoms with van der Waals surface area (Å²) in [7, 11) is 0. The molecule has 2 aliphatic heterocycles. The van der Waals surface area contributed by atoms with E-state index in [1.165, 1.54) is 11.1 Å². The monoisotopic (exact) mass is 378 g/mol. The summed E-state index contributed by atoms with van der Waals surface area (Å²) in [6, 6.07) is 6.28. The predicted octanol–water partition coefficient (Wildman–Crippen LogP) is 2.56. The average molecular weight is 378 g/mol. The minimum atomic E-state index is -0.166. The highest BCUT2D eigenvalue weighted by Gasteiger charge is 2.49. The van der Waals surface area contributed by atoms with Crippen LogP contribution in [-0.2, 0) is 21.4 Å². The number of carbonyl (C=O) groups is 2. The van der Waals surface area contributed by atoms with Gasteiger partial charge in [-0.3, -0.25) is 19.6 Å². The predicted molar refractivity (Wildman–Crippen MR) is 107 cm³/mol. The molecule has 0 aliphatic carbocycles. The van der Waals surface area contributed by atoms with E-state index < -0.39 is 0 Å². The first-order chi connectivity index (χ1) is 13.4. The summed E-state index contributed by atoms with van der Waals surface area (Å²) in [6.45, 7) is 7.92. The van der Waals surface area contributed by atoms with Crippen molar-refractivity contribution in [1.82, 2.24) is 14.9 Å². The standard InChI is InChI=1S/C22H26N4O2/c1-4-20(27)25-8-7-22(13-25)14-26(19-6-5-15(2)9-18(19)22)21(28)10-17-12-23-16(3)11-24-17/h5-6,9,11-12H,4,7-8,10,13-14H2,1-3H3/t22-/m1/s1. The molecule has 1 aromatic heterocycles. The van der Waals surface area contributed by atoms with Gasteiger partial charge in [-0.15, -0.1) is 0 Å². The van der Waals surface area contributed by atoms with Gasteiger partial charge in [0.25, 0.3) is 0 Å². The van der Waals surface area contributed by atoms with Gasteiger partial charge in [0.15, 0.2) is 0 Å². The fraction of sp³-hybridized carbons (Fsp3) is 0.455. The van der Waals surface area contributed by atoms with Gasteiger partial charge >= 0.3 is 0 Å². The zero-order valence-electron chi connectivity index (χ0n) is 16.7. The van der Waals surface area contributed by atoms with Crippen LogP contribution in [0, 0.1) is 13.8 Å². The molecule has 3 heterocycles. The number of hydrogen-bond donors (Lipinski definition) is 0. The Morgan fingerprint density at radius 1 is 1.11 bits per heavy atom. The van der Waals surface area contributed by atoms with Gasteiger partial charge in [-0.2, -0.15) is 0 Å². The maximum Gasteiger partial charge on any atom is 0.233 e. The fourth-order valence-electron chi connectivity index (χ4n) is 4.42. The van der Waals surface area contributed by atoms with Crippen LogP contribution in [0.5, 0.6) is 0 Å². The van der Waals surface area contributed by atoms with E-state index in [2.05, 4.69) is 23.0 Å². The average Bonchev–Trinajstić information content (AvgIpc) is 3.26. The first-order valence-electron chi connectivity index (χ1n) is 9.89. The zero-order chi connectivity index (χ0) is 19.9. The molecule has 6 nitrogen and oxygen atoms in total. The Kier molecular flexibility index (Phi) is 4.65. The van der Waals surface area contributed by atoms with Crippen molar-refractivity contribution >= 4 is 17.5 Å². The molecule has 2 aromatic rings. The zero-order valence-corrected chi connectivity index (χ0v) is 16.7. The highest BCUT2D eigenvalue weighted by atomic mass is 16.2. The van der Waals surface area contributed by atoms with E-state index in [4.69, 9.17) is 0 Å². The van der Waals surface area contributed by atoms with Crippen molar-refractivity contribution in [1.29, 1.82) is 0 Å². The number of likely N-dealkylation sites (tertiary alicyclic amines) is 1. The first kappa shape index (κ1) is 18.6. The second-order valence-electron chi connectivity index (χ2n) is 8.03. The van der Waals surface area contributed by atoms with Crippen LogP contribution in [0.25, 0.3) is 0 Å². The molecule has 28 heavy (non-hydrogen) atoms. The van der Waals surface area contributed by atoms with Crippen LogP contribution in [0.3, 0.4) is 0 Å². The number of aromatic nitrogens is 2. The van der Waals surface area contributed by atoms with Crippen LogP contribution in [0.1, 0.15) is 42.3 Å². The Labute approximate surface area is 165 Å². The molecule has 1 aromatic carbocycles. The Bertz CT molecular complexity index is 925. The van der Waals surface area contributed by atoms with Crippen molar-refractivity contribution in [3.05, 3.63) is 53.1 Å². The van der Waals surface area contributed by atoms with Crippen LogP contribution in [-0.4, -0.2) is 46.3 Å². The number of carbonyl (C=O) groups excluding carboxylic acids is 2. The Morgan fingerprint density at radius 2 is 1.93 bits per heavy atom. The maximum atomic E-state index is 13.1. The van der Waals surface area contributed by atoms with Gasteiger partial charge in [0.1, 0.15) is 0 Å². The molecule has 146 valence electrons. The first-order valence-corrected chi connectivity index (χ1v) is 9.89. The third kappa shape index (κ3) is 3.17. The van der Waals surface area contributed by atoms with Gasteiger partial charge in [-0.1, -0.05) is 24.6 Å². The lowest BCUT2D eigenvalue weighted by atomic mass is 9.81. The number of anilines is 1. The molecule has 4 rings (SSSR count). The minimum Gasteiger partial charge on any atom is -0.342 e. The molecule has 1 spiro atoms. The summed E-state index contributed by atoms with van der Waals surface area (Å²) in [5.41, 5.74) is 4.70. The molecule has 0 saturated carbocycles. The van der Waals surface area contributed by atoms with Gasteiger partial charge in [0.2, 0.25) is 11.8 Å². The summed E-state index contributed by atoms with van der Waals surface area (Å²) >= 11 is 0. The normalized spacial score (nSPS) is 20.7. The van der Waals surface area contributed by atoms with E-state index in [0.29, 0.717) is 25.2 Å². The van der Waals surface area contributed by atoms with Crippen molar-refractivity contribution in [2.24, 2.45) is 0 Å². The summed E-state index contributed by atoms with van der Waals surface area (Å²) in [6.07, 6.45) is 5.01. The van der Waals surface area contributed by atoms with Crippen molar-refractivity contribution in [2.45, 2.75) is 45.4 Å². The van der Waals surface area contributed by atoms with Gasteiger partial charge in [-0.05, 0) is 31.9 Å². The molecule has 1 fully saturated rings. The second-order valence-corrected chi connectivity index (χ2v) is 8.03. The van der Waals surface area contributed by atoms with E-state index in [1.54, 1.807) is 12.4 Å². The molecule has 0 bridgehead atoms. The van der Waals surface area contributed by atoms with Gasteiger partial charge < -0.3 is 9.80 Å². The van der Waals surface area contributed by atoms with E-state index >= 15 is 0 Å². The van der Waals surface area contributed by atoms with Crippen LogP contribution in [0.15, 0.2) is 30.6 Å². The smallest absolute Gasteiger partial charge is 0.233 e. The third-order valence-corrected chi connectivity index (χ3v) is 5.95. The lowest BCUT2D eigenvalue weighted by Gasteiger charge is -2.26. The Balaban J connectivity index is 1.63. The summed E-state index contributed by atoms with van der Waals surface area (Å²) in [5, 5.41) is 0. The molecular formula is C22H26N4O2. The molecule has 0 radical (unpaired) electrons. The fourth-order valence-corrected chi connectivity index (χ4v) is 4.42. The van der Waals surface area contributed by atoms with Gasteiger partial charge in [-0.25, -0.2) is 0 Å².